The highest BCUT2D eigenvalue weighted by atomic mass is 16.3. The lowest BCUT2D eigenvalue weighted by Crippen LogP contribution is -2.41. The van der Waals surface area contributed by atoms with Gasteiger partial charge < -0.3 is 63.0 Å². The number of aliphatic hydroxyl groups excluding tert-OH is 4. The molecule has 4 atom stereocenters. The Labute approximate surface area is 628 Å². The lowest BCUT2D eigenvalue weighted by Gasteiger charge is -2.40. The van der Waals surface area contributed by atoms with Gasteiger partial charge in [0.2, 0.25) is 23.8 Å². The number of hydrogen-bond donors (Lipinski definition) is 12. The van der Waals surface area contributed by atoms with Crippen molar-refractivity contribution < 1.29 is 20.4 Å². The summed E-state index contributed by atoms with van der Waals surface area (Å²) in [5.74, 6) is 4.22. The van der Waals surface area contributed by atoms with Gasteiger partial charge in [0.15, 0.2) is 0 Å². The SMILES string of the molecule is CC1(C)C[C@H](Nc2nc(NCCc3cccc4ccccc34)ncc2C#N)CC[C@@H]1O.Cc1cccc(CCNc2ncc(C#N)c(NC3CC(O)C3)n2)c1.Cc1cccc(CCNc2ncc(C#N)c(NC3CC(O)C3)n2)c1.Cc1cccc(CCNc2ncc(C#N)c(N[C@@H]3CC[C@@H](O)C(C)(C)C3)n2)c1. The van der Waals surface area contributed by atoms with E-state index in [-0.39, 0.29) is 59.4 Å². The molecule has 107 heavy (non-hydrogen) atoms. The topological polar surface area (TPSA) is 375 Å². The van der Waals surface area contributed by atoms with Crippen LogP contribution in [0.4, 0.5) is 47.1 Å². The first-order valence-electron chi connectivity index (χ1n) is 37.1. The predicted octanol–water partition coefficient (Wildman–Crippen LogP) is 12.7. The lowest BCUT2D eigenvalue weighted by atomic mass is 9.73. The predicted molar refractivity (Wildman–Crippen MR) is 421 cm³/mol. The van der Waals surface area contributed by atoms with Crippen LogP contribution in [-0.2, 0) is 25.7 Å². The highest BCUT2D eigenvalue weighted by Crippen LogP contribution is 2.39. The number of rotatable bonds is 24. The highest BCUT2D eigenvalue weighted by molar-refractivity contribution is 5.85. The second-order valence-electron chi connectivity index (χ2n) is 29.8. The third kappa shape index (κ3) is 23.2. The minimum atomic E-state index is -0.294. The molecule has 12 N–H and O–H groups in total. The smallest absolute Gasteiger partial charge is 0.224 e. The second kappa shape index (κ2) is 37.7. The van der Waals surface area contributed by atoms with Crippen LogP contribution in [0.15, 0.2) is 140 Å². The van der Waals surface area contributed by atoms with Crippen LogP contribution in [0.5, 0.6) is 0 Å². The Kier molecular flexibility index (Phi) is 27.7. The number of nitrogens with one attached hydrogen (secondary N) is 8. The van der Waals surface area contributed by atoms with Gasteiger partial charge in [-0.2, -0.15) is 41.0 Å². The van der Waals surface area contributed by atoms with Crippen molar-refractivity contribution in [2.45, 2.75) is 187 Å². The first-order valence-corrected chi connectivity index (χ1v) is 37.1. The Hall–Kier alpha value is -11.1. The van der Waals surface area contributed by atoms with Gasteiger partial charge in [-0.3, -0.25) is 0 Å². The molecule has 5 aromatic carbocycles. The summed E-state index contributed by atoms with van der Waals surface area (Å²) in [5.41, 5.74) is 10.2. The van der Waals surface area contributed by atoms with Crippen LogP contribution in [0.1, 0.15) is 153 Å². The van der Waals surface area contributed by atoms with E-state index in [1.54, 1.807) is 12.4 Å². The first kappa shape index (κ1) is 78.5. The zero-order valence-electron chi connectivity index (χ0n) is 62.3. The number of hydrogen-bond acceptors (Lipinski definition) is 24. The van der Waals surface area contributed by atoms with E-state index in [1.165, 1.54) is 62.1 Å². The lowest BCUT2D eigenvalue weighted by molar-refractivity contribution is 0.00924. The van der Waals surface area contributed by atoms with Crippen LogP contribution in [0.2, 0.25) is 0 Å². The Morgan fingerprint density at radius 1 is 0.393 bits per heavy atom. The number of nitrogens with zero attached hydrogens (tertiary/aromatic N) is 12. The van der Waals surface area contributed by atoms with Crippen molar-refractivity contribution in [1.82, 2.24) is 39.9 Å². The fourth-order valence-corrected chi connectivity index (χ4v) is 13.7. The maximum atomic E-state index is 10.2. The number of anilines is 8. The number of fused-ring (bicyclic) bond motifs is 1. The van der Waals surface area contributed by atoms with E-state index in [4.69, 9.17) is 0 Å². The Morgan fingerprint density at radius 2 is 0.710 bits per heavy atom. The highest BCUT2D eigenvalue weighted by Gasteiger charge is 2.38. The fraction of sp³-hybridized carbons (Fsp3) is 0.422. The zero-order chi connectivity index (χ0) is 75.9. The van der Waals surface area contributed by atoms with Gasteiger partial charge in [-0.15, -0.1) is 0 Å². The fourth-order valence-electron chi connectivity index (χ4n) is 13.7. The molecule has 4 aliphatic carbocycles. The molecule has 0 unspecified atom stereocenters. The van der Waals surface area contributed by atoms with Gasteiger partial charge in [0, 0.05) is 50.3 Å². The van der Waals surface area contributed by atoms with Crippen molar-refractivity contribution in [3.05, 3.63) is 201 Å². The van der Waals surface area contributed by atoms with Gasteiger partial charge in [-0.25, -0.2) is 19.9 Å². The second-order valence-corrected chi connectivity index (χ2v) is 29.8. The third-order valence-electron chi connectivity index (χ3n) is 20.0. The van der Waals surface area contributed by atoms with E-state index >= 15 is 0 Å². The summed E-state index contributed by atoms with van der Waals surface area (Å²) in [5, 5.41) is 105. The molecule has 556 valence electrons. The minimum Gasteiger partial charge on any atom is -0.393 e. The van der Waals surface area contributed by atoms with E-state index in [2.05, 4.69) is 270 Å². The molecule has 0 bridgehead atoms. The van der Waals surface area contributed by atoms with E-state index < -0.39 is 0 Å². The largest absolute Gasteiger partial charge is 0.393 e. The number of aryl methyl sites for hydroxylation is 3. The van der Waals surface area contributed by atoms with Gasteiger partial charge >= 0.3 is 0 Å². The van der Waals surface area contributed by atoms with E-state index in [9.17, 15) is 41.5 Å². The number of benzene rings is 5. The molecule has 0 radical (unpaired) electrons. The summed E-state index contributed by atoms with van der Waals surface area (Å²) in [6.45, 7) is 17.4. The number of aliphatic hydroxyl groups is 4. The molecule has 4 aromatic heterocycles. The molecule has 24 heteroatoms. The molecule has 0 amide bonds. The van der Waals surface area contributed by atoms with Gasteiger partial charge in [0.05, 0.1) is 49.2 Å². The van der Waals surface area contributed by atoms with Crippen molar-refractivity contribution >= 4 is 57.8 Å². The van der Waals surface area contributed by atoms with E-state index in [0.29, 0.717) is 102 Å². The normalized spacial score (nSPS) is 20.0. The summed E-state index contributed by atoms with van der Waals surface area (Å²) < 4.78 is 0. The Morgan fingerprint density at radius 3 is 1.04 bits per heavy atom. The standard InChI is InChI=1S/C25H29N5O.C22H29N5O.2C18H21N5O/c1-25(2)14-20(10-11-22(25)31)29-23-19(15-26)16-28-24(30-23)27-13-12-18-8-5-7-17-6-3-4-9-21(17)18;1-15-5-4-6-16(11-15)9-10-24-21-25-14-17(13-23)20(27-21)26-18-7-8-19(28)22(2,3)12-18;2*1-12-3-2-4-13(7-12)5-6-20-18-21-11-14(10-19)17(23-18)22-15-8-16(24)9-15/h3-9,16,20,22,31H,10-14H2,1-2H3,(H2,27,28,29,30);4-6,11,14,18-19,28H,7-10,12H2,1-3H3,(H2,24,25,26,27);2*2-4,7,11,15-16,24H,5-6,8-9H2,1H3,(H2,20,21,22,23)/t20-,22+;18-,19-;;/m11../s1. The van der Waals surface area contributed by atoms with Crippen molar-refractivity contribution in [3.63, 3.8) is 0 Å². The summed E-state index contributed by atoms with van der Waals surface area (Å²) in [6.07, 6.45) is 16.2. The quantitative estimate of drug-likeness (QED) is 0.0267. The molecule has 4 fully saturated rings. The molecule has 4 heterocycles. The first-order chi connectivity index (χ1) is 51.6. The summed E-state index contributed by atoms with van der Waals surface area (Å²) >= 11 is 0. The summed E-state index contributed by atoms with van der Waals surface area (Å²) in [4.78, 5) is 34.9. The molecule has 4 aliphatic rings. The molecular weight excluding hydrogens is 1340 g/mol. The Bertz CT molecular complexity index is 4480. The maximum absolute atomic E-state index is 10.2. The van der Waals surface area contributed by atoms with Crippen molar-refractivity contribution in [2.75, 3.05) is 68.7 Å². The molecular formula is C83H100N20O4. The van der Waals surface area contributed by atoms with Crippen molar-refractivity contribution in [3.8, 4) is 24.3 Å². The zero-order valence-corrected chi connectivity index (χ0v) is 62.3. The molecule has 9 aromatic rings. The van der Waals surface area contributed by atoms with Crippen LogP contribution in [0.25, 0.3) is 10.8 Å². The molecule has 0 saturated heterocycles. The van der Waals surface area contributed by atoms with Gasteiger partial charge in [0.1, 0.15) is 69.8 Å². The monoisotopic (exact) mass is 1440 g/mol. The van der Waals surface area contributed by atoms with E-state index in [1.807, 2.05) is 0 Å². The molecule has 0 aliphatic heterocycles. The van der Waals surface area contributed by atoms with Gasteiger partial charge in [-0.05, 0) is 155 Å². The molecule has 13 rings (SSSR count). The third-order valence-corrected chi connectivity index (χ3v) is 20.0. The van der Waals surface area contributed by atoms with Gasteiger partial charge in [0.25, 0.3) is 0 Å². The Balaban J connectivity index is 0.000000153. The van der Waals surface area contributed by atoms with Crippen molar-refractivity contribution in [2.24, 2.45) is 10.8 Å². The minimum absolute atomic E-state index is 0.148. The van der Waals surface area contributed by atoms with Crippen LogP contribution >= 0.6 is 0 Å². The molecule has 4 saturated carbocycles. The van der Waals surface area contributed by atoms with Crippen LogP contribution in [0, 0.1) is 76.9 Å². The molecule has 24 nitrogen and oxygen atoms in total. The van der Waals surface area contributed by atoms with Crippen LogP contribution in [-0.4, -0.2) is 135 Å². The molecule has 0 spiro atoms. The van der Waals surface area contributed by atoms with Crippen molar-refractivity contribution in [1.29, 1.82) is 21.0 Å². The number of aromatic nitrogens is 8. The maximum Gasteiger partial charge on any atom is 0.224 e. The summed E-state index contributed by atoms with van der Waals surface area (Å²) in [6, 6.07) is 49.2. The average molecular weight is 1440 g/mol. The summed E-state index contributed by atoms with van der Waals surface area (Å²) in [7, 11) is 0. The van der Waals surface area contributed by atoms with Crippen LogP contribution < -0.4 is 42.5 Å². The van der Waals surface area contributed by atoms with E-state index in [0.717, 1.165) is 83.8 Å². The van der Waals surface area contributed by atoms with Crippen LogP contribution in [0.3, 0.4) is 0 Å². The number of nitriles is 4. The van der Waals surface area contributed by atoms with Gasteiger partial charge in [-0.1, -0.05) is 160 Å². The average Bonchev–Trinajstić information content (AvgIpc) is 0.796.